The predicted octanol–water partition coefficient (Wildman–Crippen LogP) is 2.57. The molecule has 1 fully saturated rings. The highest BCUT2D eigenvalue weighted by Crippen LogP contribution is 2.26. The van der Waals surface area contributed by atoms with Crippen LogP contribution in [0.3, 0.4) is 0 Å². The Bertz CT molecular complexity index is 491. The summed E-state index contributed by atoms with van der Waals surface area (Å²) in [6, 6.07) is 4.05. The van der Waals surface area contributed by atoms with E-state index in [1.165, 1.54) is 29.7 Å². The van der Waals surface area contributed by atoms with Crippen LogP contribution in [0.25, 0.3) is 0 Å². The number of nitrogens with zero attached hydrogens (tertiary/aromatic N) is 2. The summed E-state index contributed by atoms with van der Waals surface area (Å²) in [6.07, 6.45) is 0. The summed E-state index contributed by atoms with van der Waals surface area (Å²) in [5, 5.41) is 13.6. The zero-order valence-electron chi connectivity index (χ0n) is 13.3. The van der Waals surface area contributed by atoms with Crippen molar-refractivity contribution in [2.75, 3.05) is 46.3 Å². The van der Waals surface area contributed by atoms with E-state index in [2.05, 4.69) is 80.3 Å². The third kappa shape index (κ3) is 5.77. The van der Waals surface area contributed by atoms with Crippen molar-refractivity contribution in [3.8, 4) is 5.75 Å². The summed E-state index contributed by atoms with van der Waals surface area (Å²) in [6.45, 7) is 9.86. The molecule has 1 aliphatic rings. The Balaban J connectivity index is 1.74. The first-order chi connectivity index (χ1) is 10.5. The largest absolute Gasteiger partial charge is 0.507 e. The van der Waals surface area contributed by atoms with Gasteiger partial charge in [-0.05, 0) is 76.8 Å². The van der Waals surface area contributed by atoms with Crippen molar-refractivity contribution in [3.05, 3.63) is 24.8 Å². The van der Waals surface area contributed by atoms with Gasteiger partial charge in [-0.1, -0.05) is 6.92 Å². The van der Waals surface area contributed by atoms with Crippen LogP contribution in [-0.4, -0.2) is 61.2 Å². The second kappa shape index (κ2) is 9.00. The number of hydrogen-bond acceptors (Lipinski definition) is 4. The molecule has 0 radical (unpaired) electrons. The molecule has 1 aromatic carbocycles. The number of nitrogens with one attached hydrogen (secondary N) is 1. The van der Waals surface area contributed by atoms with E-state index >= 15 is 0 Å². The van der Waals surface area contributed by atoms with Crippen LogP contribution in [0.2, 0.25) is 0 Å². The number of phenols is 1. The minimum atomic E-state index is 0.417. The van der Waals surface area contributed by atoms with Gasteiger partial charge in [-0.25, -0.2) is 0 Å². The quantitative estimate of drug-likeness (QED) is 0.557. The highest BCUT2D eigenvalue weighted by atomic mass is 127. The third-order valence-corrected chi connectivity index (χ3v) is 5.53. The lowest BCUT2D eigenvalue weighted by atomic mass is 10.1. The van der Waals surface area contributed by atoms with Crippen LogP contribution in [0.4, 0.5) is 0 Å². The van der Waals surface area contributed by atoms with E-state index in [9.17, 15) is 5.11 Å². The number of phenolic OH excluding ortho intramolecular Hbond substituents is 1. The van der Waals surface area contributed by atoms with E-state index in [0.717, 1.165) is 28.8 Å². The number of rotatable bonds is 6. The molecule has 0 bridgehead atoms. The Morgan fingerprint density at radius 1 is 1.23 bits per heavy atom. The predicted molar refractivity (Wildman–Crippen MR) is 108 cm³/mol. The lowest BCUT2D eigenvalue weighted by Crippen LogP contribution is -2.46. The molecular formula is C16H25I2N3O. The van der Waals surface area contributed by atoms with E-state index < -0.39 is 0 Å². The molecule has 0 aromatic heterocycles. The van der Waals surface area contributed by atoms with Gasteiger partial charge in [0.15, 0.2) is 0 Å². The van der Waals surface area contributed by atoms with Gasteiger partial charge in [-0.2, -0.15) is 0 Å². The minimum Gasteiger partial charge on any atom is -0.507 e. The first-order valence-corrected chi connectivity index (χ1v) is 9.90. The monoisotopic (exact) mass is 529 g/mol. The number of benzene rings is 1. The second-order valence-corrected chi connectivity index (χ2v) is 8.64. The van der Waals surface area contributed by atoms with Crippen LogP contribution < -0.4 is 5.32 Å². The second-order valence-electron chi connectivity index (χ2n) is 6.24. The van der Waals surface area contributed by atoms with Crippen LogP contribution in [0.5, 0.6) is 5.75 Å². The fraction of sp³-hybridized carbons (Fsp3) is 0.625. The van der Waals surface area contributed by atoms with Crippen molar-refractivity contribution in [2.45, 2.75) is 13.5 Å². The molecular weight excluding hydrogens is 504 g/mol. The van der Waals surface area contributed by atoms with Gasteiger partial charge in [-0.3, -0.25) is 0 Å². The number of piperazine rings is 1. The molecule has 0 saturated carbocycles. The highest BCUT2D eigenvalue weighted by Gasteiger charge is 2.16. The standard InChI is InChI=1S/C16H25I2N3O/c1-12(11-21-5-3-20(2)4-6-21)9-19-10-13-7-14(17)8-15(18)16(13)22/h7-8,12,19,22H,3-6,9-11H2,1-2H3/t12-/m0/s1. The number of halogens is 2. The number of aromatic hydroxyl groups is 1. The normalized spacial score (nSPS) is 18.5. The molecule has 2 N–H and O–H groups in total. The van der Waals surface area contributed by atoms with Gasteiger partial charge in [0.25, 0.3) is 0 Å². The molecule has 4 nitrogen and oxygen atoms in total. The van der Waals surface area contributed by atoms with Gasteiger partial charge >= 0.3 is 0 Å². The first-order valence-electron chi connectivity index (χ1n) is 7.74. The van der Waals surface area contributed by atoms with Crippen LogP contribution in [0.1, 0.15) is 12.5 Å². The van der Waals surface area contributed by atoms with Crippen LogP contribution in [0.15, 0.2) is 12.1 Å². The lowest BCUT2D eigenvalue weighted by molar-refractivity contribution is 0.138. The Labute approximate surface area is 160 Å². The van der Waals surface area contributed by atoms with E-state index in [-0.39, 0.29) is 0 Å². The Morgan fingerprint density at radius 2 is 1.91 bits per heavy atom. The maximum absolute atomic E-state index is 10.1. The lowest BCUT2D eigenvalue weighted by Gasteiger charge is -2.34. The summed E-state index contributed by atoms with van der Waals surface area (Å²) in [4.78, 5) is 4.94. The molecule has 1 aliphatic heterocycles. The molecule has 0 amide bonds. The average Bonchev–Trinajstić information content (AvgIpc) is 2.46. The summed E-state index contributed by atoms with van der Waals surface area (Å²) in [5.74, 6) is 1.03. The van der Waals surface area contributed by atoms with Crippen molar-refractivity contribution in [3.63, 3.8) is 0 Å². The smallest absolute Gasteiger partial charge is 0.133 e. The van der Waals surface area contributed by atoms with Crippen molar-refractivity contribution < 1.29 is 5.11 Å². The Morgan fingerprint density at radius 3 is 2.59 bits per heavy atom. The molecule has 1 atom stereocenters. The van der Waals surface area contributed by atoms with Crippen molar-refractivity contribution in [1.82, 2.24) is 15.1 Å². The van der Waals surface area contributed by atoms with E-state index in [0.29, 0.717) is 11.7 Å². The van der Waals surface area contributed by atoms with Crippen LogP contribution in [0, 0.1) is 13.1 Å². The molecule has 0 spiro atoms. The molecule has 1 aromatic rings. The molecule has 1 heterocycles. The van der Waals surface area contributed by atoms with Gasteiger partial charge in [0, 0.05) is 48.4 Å². The van der Waals surface area contributed by atoms with E-state index in [4.69, 9.17) is 0 Å². The van der Waals surface area contributed by atoms with Crippen LogP contribution >= 0.6 is 45.2 Å². The summed E-state index contributed by atoms with van der Waals surface area (Å²) in [7, 11) is 2.19. The van der Waals surface area contributed by atoms with Crippen LogP contribution in [-0.2, 0) is 6.54 Å². The summed E-state index contributed by atoms with van der Waals surface area (Å²) in [5.41, 5.74) is 0.989. The molecule has 22 heavy (non-hydrogen) atoms. The van der Waals surface area contributed by atoms with Gasteiger partial charge in [0.05, 0.1) is 3.57 Å². The van der Waals surface area contributed by atoms with Gasteiger partial charge in [0.2, 0.25) is 0 Å². The zero-order chi connectivity index (χ0) is 16.1. The number of likely N-dealkylation sites (N-methyl/N-ethyl adjacent to an activating group) is 1. The third-order valence-electron chi connectivity index (χ3n) is 4.08. The molecule has 0 aliphatic carbocycles. The molecule has 0 unspecified atom stereocenters. The van der Waals surface area contributed by atoms with E-state index in [1.807, 2.05) is 6.07 Å². The zero-order valence-corrected chi connectivity index (χ0v) is 17.6. The van der Waals surface area contributed by atoms with Crippen molar-refractivity contribution in [1.29, 1.82) is 0 Å². The SMILES string of the molecule is C[C@@H](CNCc1cc(I)cc(I)c1O)CN1CCN(C)CC1. The fourth-order valence-electron chi connectivity index (χ4n) is 2.74. The van der Waals surface area contributed by atoms with Gasteiger partial charge < -0.3 is 20.2 Å². The van der Waals surface area contributed by atoms with Crippen molar-refractivity contribution in [2.24, 2.45) is 5.92 Å². The molecule has 6 heteroatoms. The van der Waals surface area contributed by atoms with Gasteiger partial charge in [0.1, 0.15) is 5.75 Å². The molecule has 2 rings (SSSR count). The highest BCUT2D eigenvalue weighted by molar-refractivity contribution is 14.1. The first kappa shape index (κ1) is 18.7. The maximum atomic E-state index is 10.1. The van der Waals surface area contributed by atoms with Gasteiger partial charge in [-0.15, -0.1) is 0 Å². The minimum absolute atomic E-state index is 0.417. The fourth-order valence-corrected chi connectivity index (χ4v) is 4.71. The Hall–Kier alpha value is 0.360. The number of hydrogen-bond donors (Lipinski definition) is 2. The summed E-state index contributed by atoms with van der Waals surface area (Å²) >= 11 is 4.48. The maximum Gasteiger partial charge on any atom is 0.133 e. The average molecular weight is 529 g/mol. The van der Waals surface area contributed by atoms with Crippen molar-refractivity contribution >= 4 is 45.2 Å². The molecule has 1 saturated heterocycles. The topological polar surface area (TPSA) is 38.7 Å². The summed E-state index contributed by atoms with van der Waals surface area (Å²) < 4.78 is 2.09. The molecule has 124 valence electrons. The van der Waals surface area contributed by atoms with E-state index in [1.54, 1.807) is 0 Å². The Kier molecular flexibility index (Phi) is 7.65.